The highest BCUT2D eigenvalue weighted by Gasteiger charge is 2.29. The molecular formula is C13H18O5. The minimum absolute atomic E-state index is 0.0163. The van der Waals surface area contributed by atoms with E-state index < -0.39 is 12.1 Å². The normalized spacial score (nSPS) is 19.4. The molecule has 18 heavy (non-hydrogen) atoms. The molecule has 0 amide bonds. The molecule has 0 aromatic carbocycles. The lowest BCUT2D eigenvalue weighted by Gasteiger charge is -2.03. The molecule has 5 heteroatoms. The highest BCUT2D eigenvalue weighted by molar-refractivity contribution is 6.05. The Hall–Kier alpha value is -1.49. The van der Waals surface area contributed by atoms with Crippen LogP contribution in [-0.2, 0) is 14.4 Å². The molecule has 0 unspecified atom stereocenters. The molecule has 0 bridgehead atoms. The van der Waals surface area contributed by atoms with Crippen molar-refractivity contribution in [2.24, 2.45) is 0 Å². The SMILES string of the molecule is O=CC1=C(CCCCCCC(=O)O)C(=O)C[C@@H]1O. The summed E-state index contributed by atoms with van der Waals surface area (Å²) in [4.78, 5) is 32.5. The number of carbonyl (C=O) groups excluding carboxylic acids is 2. The number of ketones is 1. The molecular weight excluding hydrogens is 236 g/mol. The molecule has 1 rings (SSSR count). The summed E-state index contributed by atoms with van der Waals surface area (Å²) < 4.78 is 0. The van der Waals surface area contributed by atoms with Gasteiger partial charge >= 0.3 is 5.97 Å². The zero-order chi connectivity index (χ0) is 13.5. The third-order valence-corrected chi connectivity index (χ3v) is 3.12. The molecule has 0 radical (unpaired) electrons. The molecule has 1 aliphatic carbocycles. The van der Waals surface area contributed by atoms with Crippen LogP contribution < -0.4 is 0 Å². The highest BCUT2D eigenvalue weighted by Crippen LogP contribution is 2.26. The third kappa shape index (κ3) is 4.07. The number of aliphatic carboxylic acids is 1. The maximum absolute atomic E-state index is 11.5. The van der Waals surface area contributed by atoms with E-state index >= 15 is 0 Å². The number of carbonyl (C=O) groups is 3. The van der Waals surface area contributed by atoms with Crippen LogP contribution in [0.25, 0.3) is 0 Å². The first-order valence-electron chi connectivity index (χ1n) is 6.17. The number of aliphatic hydroxyl groups is 1. The molecule has 0 fully saturated rings. The number of carboxylic acid groups (broad SMARTS) is 1. The van der Waals surface area contributed by atoms with Crippen LogP contribution in [0.2, 0.25) is 0 Å². The molecule has 0 aromatic rings. The van der Waals surface area contributed by atoms with Gasteiger partial charge in [-0.1, -0.05) is 12.8 Å². The van der Waals surface area contributed by atoms with Crippen molar-refractivity contribution in [1.82, 2.24) is 0 Å². The highest BCUT2D eigenvalue weighted by atomic mass is 16.4. The smallest absolute Gasteiger partial charge is 0.303 e. The first-order chi connectivity index (χ1) is 8.56. The fraction of sp³-hybridized carbons (Fsp3) is 0.615. The molecule has 100 valence electrons. The quantitative estimate of drug-likeness (QED) is 0.502. The molecule has 0 saturated carbocycles. The average Bonchev–Trinajstić information content (AvgIpc) is 2.57. The van der Waals surface area contributed by atoms with Crippen LogP contribution in [0.4, 0.5) is 0 Å². The van der Waals surface area contributed by atoms with Crippen LogP contribution in [0.5, 0.6) is 0 Å². The average molecular weight is 254 g/mol. The summed E-state index contributed by atoms with van der Waals surface area (Å²) in [6.45, 7) is 0. The number of allylic oxidation sites excluding steroid dienone is 1. The molecule has 1 atom stereocenters. The molecule has 0 spiro atoms. The van der Waals surface area contributed by atoms with Crippen LogP contribution in [-0.4, -0.2) is 34.4 Å². The zero-order valence-corrected chi connectivity index (χ0v) is 10.2. The van der Waals surface area contributed by atoms with E-state index in [-0.39, 0.29) is 24.2 Å². The van der Waals surface area contributed by atoms with Gasteiger partial charge in [-0.25, -0.2) is 0 Å². The number of Topliss-reactive ketones (excluding diaryl/α,β-unsaturated/α-hetero) is 1. The Morgan fingerprint density at radius 3 is 2.56 bits per heavy atom. The van der Waals surface area contributed by atoms with E-state index in [1.165, 1.54) is 0 Å². The first kappa shape index (κ1) is 14.6. The maximum atomic E-state index is 11.5. The number of hydrogen-bond acceptors (Lipinski definition) is 4. The van der Waals surface area contributed by atoms with Gasteiger partial charge in [0.1, 0.15) is 6.29 Å². The van der Waals surface area contributed by atoms with Crippen molar-refractivity contribution in [2.75, 3.05) is 0 Å². The third-order valence-electron chi connectivity index (χ3n) is 3.12. The Balaban J connectivity index is 2.30. The van der Waals surface area contributed by atoms with E-state index in [0.29, 0.717) is 24.7 Å². The minimum Gasteiger partial charge on any atom is -0.481 e. The lowest BCUT2D eigenvalue weighted by Crippen LogP contribution is -2.06. The van der Waals surface area contributed by atoms with E-state index in [1.54, 1.807) is 0 Å². The predicted octanol–water partition coefficient (Wildman–Crippen LogP) is 1.24. The Bertz CT molecular complexity index is 370. The summed E-state index contributed by atoms with van der Waals surface area (Å²) in [5.41, 5.74) is 0.682. The van der Waals surface area contributed by atoms with Gasteiger partial charge in [0.2, 0.25) is 0 Å². The number of aliphatic hydroxyl groups excluding tert-OH is 1. The first-order valence-corrected chi connectivity index (χ1v) is 6.17. The summed E-state index contributed by atoms with van der Waals surface area (Å²) in [5, 5.41) is 17.9. The van der Waals surface area contributed by atoms with Gasteiger partial charge in [-0.3, -0.25) is 14.4 Å². The van der Waals surface area contributed by atoms with Crippen molar-refractivity contribution in [3.05, 3.63) is 11.1 Å². The molecule has 2 N–H and O–H groups in total. The van der Waals surface area contributed by atoms with Crippen LogP contribution in [0, 0.1) is 0 Å². The van der Waals surface area contributed by atoms with Crippen LogP contribution in [0.1, 0.15) is 44.9 Å². The molecule has 0 heterocycles. The summed E-state index contributed by atoms with van der Waals surface area (Å²) in [7, 11) is 0. The van der Waals surface area contributed by atoms with Crippen molar-refractivity contribution >= 4 is 18.0 Å². The van der Waals surface area contributed by atoms with Crippen LogP contribution in [0.15, 0.2) is 11.1 Å². The number of unbranched alkanes of at least 4 members (excludes halogenated alkanes) is 3. The lowest BCUT2D eigenvalue weighted by molar-refractivity contribution is -0.137. The van der Waals surface area contributed by atoms with E-state index in [2.05, 4.69) is 0 Å². The van der Waals surface area contributed by atoms with Gasteiger partial charge in [0.25, 0.3) is 0 Å². The predicted molar refractivity (Wildman–Crippen MR) is 64.1 cm³/mol. The monoisotopic (exact) mass is 254 g/mol. The number of rotatable bonds is 8. The number of aldehydes is 1. The van der Waals surface area contributed by atoms with E-state index in [1.807, 2.05) is 0 Å². The molecule has 0 aromatic heterocycles. The zero-order valence-electron chi connectivity index (χ0n) is 10.2. The second-order valence-electron chi connectivity index (χ2n) is 4.50. The lowest BCUT2D eigenvalue weighted by atomic mass is 10.0. The summed E-state index contributed by atoms with van der Waals surface area (Å²) in [6.07, 6.45) is 3.31. The van der Waals surface area contributed by atoms with E-state index in [9.17, 15) is 19.5 Å². The summed E-state index contributed by atoms with van der Waals surface area (Å²) in [5.74, 6) is -0.940. The molecule has 0 saturated heterocycles. The van der Waals surface area contributed by atoms with Gasteiger partial charge in [0.15, 0.2) is 5.78 Å². The Labute approximate surface area is 105 Å². The van der Waals surface area contributed by atoms with Gasteiger partial charge in [-0.2, -0.15) is 0 Å². The van der Waals surface area contributed by atoms with Crippen molar-refractivity contribution in [1.29, 1.82) is 0 Å². The Morgan fingerprint density at radius 1 is 1.28 bits per heavy atom. The minimum atomic E-state index is -0.933. The topological polar surface area (TPSA) is 91.7 Å². The van der Waals surface area contributed by atoms with E-state index in [0.717, 1.165) is 19.3 Å². The molecule has 0 aliphatic heterocycles. The van der Waals surface area contributed by atoms with Crippen molar-refractivity contribution in [3.8, 4) is 0 Å². The Kier molecular flexibility index (Phi) is 5.71. The fourth-order valence-electron chi connectivity index (χ4n) is 2.14. The van der Waals surface area contributed by atoms with Gasteiger partial charge < -0.3 is 10.2 Å². The van der Waals surface area contributed by atoms with Crippen LogP contribution >= 0.6 is 0 Å². The van der Waals surface area contributed by atoms with Crippen molar-refractivity contribution in [3.63, 3.8) is 0 Å². The molecule has 1 aliphatic rings. The largest absolute Gasteiger partial charge is 0.481 e. The van der Waals surface area contributed by atoms with Crippen LogP contribution in [0.3, 0.4) is 0 Å². The van der Waals surface area contributed by atoms with E-state index in [4.69, 9.17) is 5.11 Å². The number of carboxylic acids is 1. The van der Waals surface area contributed by atoms with Gasteiger partial charge in [-0.15, -0.1) is 0 Å². The fourth-order valence-corrected chi connectivity index (χ4v) is 2.14. The summed E-state index contributed by atoms with van der Waals surface area (Å²) in [6, 6.07) is 0. The molecule has 5 nitrogen and oxygen atoms in total. The van der Waals surface area contributed by atoms with Gasteiger partial charge in [-0.05, 0) is 19.3 Å². The summed E-state index contributed by atoms with van der Waals surface area (Å²) >= 11 is 0. The van der Waals surface area contributed by atoms with Crippen molar-refractivity contribution < 1.29 is 24.6 Å². The standard InChI is InChI=1S/C13H18O5/c14-8-10-9(11(15)7-12(10)16)5-3-1-2-4-6-13(17)18/h8,12,16H,1-7H2,(H,17,18)/t12-/m0/s1. The van der Waals surface area contributed by atoms with Crippen molar-refractivity contribution in [2.45, 2.75) is 51.0 Å². The number of hydrogen-bond donors (Lipinski definition) is 2. The second kappa shape index (κ2) is 7.06. The second-order valence-corrected chi connectivity index (χ2v) is 4.50. The van der Waals surface area contributed by atoms with Gasteiger partial charge in [0.05, 0.1) is 6.10 Å². The van der Waals surface area contributed by atoms with Gasteiger partial charge in [0, 0.05) is 24.0 Å². The maximum Gasteiger partial charge on any atom is 0.303 e. The Morgan fingerprint density at radius 2 is 1.94 bits per heavy atom.